The van der Waals surface area contributed by atoms with Crippen LogP contribution in [0.4, 0.5) is 15.8 Å². The van der Waals surface area contributed by atoms with Crippen molar-refractivity contribution < 1.29 is 33.0 Å². The van der Waals surface area contributed by atoms with Crippen molar-refractivity contribution in [3.05, 3.63) is 89.7 Å². The Labute approximate surface area is 204 Å². The minimum Gasteiger partial charge on any atom is -0.465 e. The molecule has 0 heterocycles. The Balaban J connectivity index is 1.51. The summed E-state index contributed by atoms with van der Waals surface area (Å²) in [6, 6.07) is 17.9. The lowest BCUT2D eigenvalue weighted by Crippen LogP contribution is -2.21. The molecular formula is C25H21FN2O6S. The fraction of sp³-hybridized carbons (Fsp3) is 0.120. The van der Waals surface area contributed by atoms with E-state index in [1.165, 1.54) is 61.7 Å². The molecule has 0 aromatic heterocycles. The molecule has 0 aliphatic carbocycles. The molecule has 0 saturated heterocycles. The topological polar surface area (TPSA) is 111 Å². The SMILES string of the molecule is COC(=O)c1ccc(NC(=O)COC(=O)c2ccccc2SCC(=O)Nc2ccc(F)cc2)cc1. The zero-order chi connectivity index (χ0) is 25.2. The highest BCUT2D eigenvalue weighted by atomic mass is 32.2. The fourth-order valence-corrected chi connectivity index (χ4v) is 3.69. The molecule has 0 fully saturated rings. The van der Waals surface area contributed by atoms with E-state index in [1.54, 1.807) is 18.2 Å². The smallest absolute Gasteiger partial charge is 0.339 e. The Morgan fingerprint density at radius 1 is 0.800 bits per heavy atom. The van der Waals surface area contributed by atoms with Gasteiger partial charge in [0.05, 0.1) is 24.0 Å². The van der Waals surface area contributed by atoms with E-state index in [1.807, 2.05) is 0 Å². The third-order valence-electron chi connectivity index (χ3n) is 4.52. The summed E-state index contributed by atoms with van der Waals surface area (Å²) in [5, 5.41) is 5.21. The molecule has 0 aliphatic rings. The molecule has 0 spiro atoms. The van der Waals surface area contributed by atoms with Crippen LogP contribution in [0.3, 0.4) is 0 Å². The first-order valence-electron chi connectivity index (χ1n) is 10.3. The molecule has 3 rings (SSSR count). The summed E-state index contributed by atoms with van der Waals surface area (Å²) in [5.41, 5.74) is 1.41. The van der Waals surface area contributed by atoms with Gasteiger partial charge in [0.25, 0.3) is 5.91 Å². The zero-order valence-corrected chi connectivity index (χ0v) is 19.4. The van der Waals surface area contributed by atoms with Crippen molar-refractivity contribution in [1.82, 2.24) is 0 Å². The zero-order valence-electron chi connectivity index (χ0n) is 18.6. The average molecular weight is 497 g/mol. The second-order valence-corrected chi connectivity index (χ2v) is 8.05. The Bertz CT molecular complexity index is 1220. The first-order valence-corrected chi connectivity index (χ1v) is 11.3. The fourth-order valence-electron chi connectivity index (χ4n) is 2.85. The van der Waals surface area contributed by atoms with E-state index in [9.17, 15) is 23.6 Å². The van der Waals surface area contributed by atoms with E-state index < -0.39 is 30.3 Å². The number of ether oxygens (including phenoxy) is 2. The Morgan fingerprint density at radius 3 is 2.06 bits per heavy atom. The maximum absolute atomic E-state index is 13.0. The molecule has 8 nitrogen and oxygen atoms in total. The van der Waals surface area contributed by atoms with Crippen molar-refractivity contribution >= 4 is 46.9 Å². The number of benzene rings is 3. The van der Waals surface area contributed by atoms with Crippen molar-refractivity contribution in [2.45, 2.75) is 4.90 Å². The van der Waals surface area contributed by atoms with Crippen LogP contribution in [0.2, 0.25) is 0 Å². The van der Waals surface area contributed by atoms with Gasteiger partial charge in [-0.1, -0.05) is 12.1 Å². The third kappa shape index (κ3) is 7.68. The van der Waals surface area contributed by atoms with Gasteiger partial charge in [-0.3, -0.25) is 9.59 Å². The van der Waals surface area contributed by atoms with Gasteiger partial charge in [0, 0.05) is 16.3 Å². The van der Waals surface area contributed by atoms with Crippen LogP contribution in [0, 0.1) is 5.82 Å². The van der Waals surface area contributed by atoms with Gasteiger partial charge in [-0.15, -0.1) is 11.8 Å². The summed E-state index contributed by atoms with van der Waals surface area (Å²) in [6.45, 7) is -0.526. The summed E-state index contributed by atoms with van der Waals surface area (Å²) in [7, 11) is 1.27. The third-order valence-corrected chi connectivity index (χ3v) is 5.59. The van der Waals surface area contributed by atoms with Gasteiger partial charge in [0.15, 0.2) is 6.61 Å². The number of carbonyl (C=O) groups excluding carboxylic acids is 4. The number of anilines is 2. The second-order valence-electron chi connectivity index (χ2n) is 7.03. The summed E-state index contributed by atoms with van der Waals surface area (Å²) in [5.74, 6) is -2.51. The second kappa shape index (κ2) is 12.3. The molecule has 10 heteroatoms. The van der Waals surface area contributed by atoms with E-state index in [4.69, 9.17) is 4.74 Å². The number of esters is 2. The Hall–Kier alpha value is -4.18. The number of carbonyl (C=O) groups is 4. The molecule has 0 aliphatic heterocycles. The van der Waals surface area contributed by atoms with Crippen LogP contribution in [0.5, 0.6) is 0 Å². The molecule has 180 valence electrons. The average Bonchev–Trinajstić information content (AvgIpc) is 2.87. The quantitative estimate of drug-likeness (QED) is 0.338. The van der Waals surface area contributed by atoms with Crippen LogP contribution < -0.4 is 10.6 Å². The number of thioether (sulfide) groups is 1. The lowest BCUT2D eigenvalue weighted by atomic mass is 10.2. The molecule has 0 unspecified atom stereocenters. The number of amides is 2. The summed E-state index contributed by atoms with van der Waals surface area (Å²) < 4.78 is 22.7. The molecule has 2 N–H and O–H groups in total. The lowest BCUT2D eigenvalue weighted by molar-refractivity contribution is -0.119. The maximum Gasteiger partial charge on any atom is 0.339 e. The predicted octanol–water partition coefficient (Wildman–Crippen LogP) is 4.14. The molecule has 2 amide bonds. The predicted molar refractivity (Wildman–Crippen MR) is 129 cm³/mol. The van der Waals surface area contributed by atoms with E-state index >= 15 is 0 Å². The van der Waals surface area contributed by atoms with Crippen molar-refractivity contribution in [3.63, 3.8) is 0 Å². The van der Waals surface area contributed by atoms with Crippen LogP contribution in [0.15, 0.2) is 77.7 Å². The molecule has 35 heavy (non-hydrogen) atoms. The first kappa shape index (κ1) is 25.4. The number of nitrogens with one attached hydrogen (secondary N) is 2. The molecular weight excluding hydrogens is 475 g/mol. The highest BCUT2D eigenvalue weighted by Gasteiger charge is 2.16. The van der Waals surface area contributed by atoms with E-state index in [0.717, 1.165) is 11.8 Å². The minimum atomic E-state index is -0.719. The molecule has 0 saturated carbocycles. The van der Waals surface area contributed by atoms with Gasteiger partial charge in [0.2, 0.25) is 5.91 Å². The largest absolute Gasteiger partial charge is 0.465 e. The molecule has 3 aromatic carbocycles. The monoisotopic (exact) mass is 496 g/mol. The van der Waals surface area contributed by atoms with E-state index in [0.29, 0.717) is 21.8 Å². The first-order chi connectivity index (χ1) is 16.9. The van der Waals surface area contributed by atoms with Crippen LogP contribution in [0.1, 0.15) is 20.7 Å². The van der Waals surface area contributed by atoms with Gasteiger partial charge in [-0.2, -0.15) is 0 Å². The van der Waals surface area contributed by atoms with Crippen LogP contribution in [0.25, 0.3) is 0 Å². The van der Waals surface area contributed by atoms with Gasteiger partial charge in [-0.05, 0) is 60.7 Å². The number of methoxy groups -OCH3 is 1. The van der Waals surface area contributed by atoms with E-state index in [-0.39, 0.29) is 17.2 Å². The number of hydrogen-bond acceptors (Lipinski definition) is 7. The van der Waals surface area contributed by atoms with Crippen molar-refractivity contribution in [1.29, 1.82) is 0 Å². The van der Waals surface area contributed by atoms with Crippen molar-refractivity contribution in [3.8, 4) is 0 Å². The molecule has 0 atom stereocenters. The minimum absolute atomic E-state index is 0.00370. The number of halogens is 1. The number of rotatable bonds is 9. The van der Waals surface area contributed by atoms with Crippen molar-refractivity contribution in [2.75, 3.05) is 30.1 Å². The highest BCUT2D eigenvalue weighted by Crippen LogP contribution is 2.24. The van der Waals surface area contributed by atoms with Gasteiger partial charge < -0.3 is 20.1 Å². The molecule has 3 aromatic rings. The highest BCUT2D eigenvalue weighted by molar-refractivity contribution is 8.00. The lowest BCUT2D eigenvalue weighted by Gasteiger charge is -2.10. The molecule has 0 radical (unpaired) electrons. The van der Waals surface area contributed by atoms with E-state index in [2.05, 4.69) is 15.4 Å². The standard InChI is InChI=1S/C25H21FN2O6S/c1-33-24(31)16-6-10-18(11-7-16)27-22(29)14-34-25(32)20-4-2-3-5-21(20)35-15-23(30)28-19-12-8-17(26)9-13-19/h2-13H,14-15H2,1H3,(H,27,29)(H,28,30). The van der Waals surface area contributed by atoms with Crippen LogP contribution in [-0.4, -0.2) is 43.2 Å². The normalized spacial score (nSPS) is 10.2. The number of hydrogen-bond donors (Lipinski definition) is 2. The Kier molecular flexibility index (Phi) is 8.96. The Morgan fingerprint density at radius 2 is 1.40 bits per heavy atom. The van der Waals surface area contributed by atoms with Gasteiger partial charge in [-0.25, -0.2) is 14.0 Å². The summed E-state index contributed by atoms with van der Waals surface area (Å²) >= 11 is 1.12. The van der Waals surface area contributed by atoms with Crippen LogP contribution in [-0.2, 0) is 19.1 Å². The summed E-state index contributed by atoms with van der Waals surface area (Å²) in [6.07, 6.45) is 0. The van der Waals surface area contributed by atoms with Crippen molar-refractivity contribution in [2.24, 2.45) is 0 Å². The summed E-state index contributed by atoms with van der Waals surface area (Å²) in [4.78, 5) is 48.9. The van der Waals surface area contributed by atoms with Gasteiger partial charge in [0.1, 0.15) is 5.82 Å². The van der Waals surface area contributed by atoms with Crippen LogP contribution >= 0.6 is 11.8 Å². The van der Waals surface area contributed by atoms with Gasteiger partial charge >= 0.3 is 11.9 Å². The maximum atomic E-state index is 13.0. The molecule has 0 bridgehead atoms.